The lowest BCUT2D eigenvalue weighted by Crippen LogP contribution is -2.23. The fourth-order valence-corrected chi connectivity index (χ4v) is 4.14. The van der Waals surface area contributed by atoms with Crippen LogP contribution in [0.3, 0.4) is 0 Å². The van der Waals surface area contributed by atoms with Gasteiger partial charge in [0.1, 0.15) is 11.6 Å². The van der Waals surface area contributed by atoms with Crippen molar-refractivity contribution in [3.05, 3.63) is 68.7 Å². The number of thioether (sulfide) groups is 1. The van der Waals surface area contributed by atoms with Crippen LogP contribution in [0.25, 0.3) is 22.3 Å². The molecule has 0 bridgehead atoms. The molecule has 0 radical (unpaired) electrons. The number of hydrogen-bond acceptors (Lipinski definition) is 6. The van der Waals surface area contributed by atoms with Crippen molar-refractivity contribution in [1.82, 2.24) is 19.7 Å². The lowest BCUT2D eigenvalue weighted by atomic mass is 10.2. The number of halogens is 3. The lowest BCUT2D eigenvalue weighted by molar-refractivity contribution is 0.391. The Morgan fingerprint density at radius 3 is 2.77 bits per heavy atom. The zero-order valence-electron chi connectivity index (χ0n) is 15.7. The van der Waals surface area contributed by atoms with Gasteiger partial charge in [0.15, 0.2) is 5.16 Å². The van der Waals surface area contributed by atoms with Crippen molar-refractivity contribution in [3.63, 3.8) is 0 Å². The third-order valence-electron chi connectivity index (χ3n) is 4.30. The number of fused-ring (bicyclic) bond motifs is 1. The van der Waals surface area contributed by atoms with Gasteiger partial charge in [-0.2, -0.15) is 4.98 Å². The summed E-state index contributed by atoms with van der Waals surface area (Å²) in [5, 5.41) is 4.67. The molecule has 0 atom stereocenters. The number of benzene rings is 2. The van der Waals surface area contributed by atoms with E-state index in [1.807, 2.05) is 6.92 Å². The van der Waals surface area contributed by atoms with Crippen LogP contribution >= 0.6 is 27.7 Å². The highest BCUT2D eigenvalue weighted by Crippen LogP contribution is 2.26. The van der Waals surface area contributed by atoms with Crippen molar-refractivity contribution in [3.8, 4) is 11.4 Å². The summed E-state index contributed by atoms with van der Waals surface area (Å²) in [6, 6.07) is 8.42. The minimum atomic E-state index is -0.476. The van der Waals surface area contributed by atoms with Crippen LogP contribution in [-0.2, 0) is 12.3 Å². The van der Waals surface area contributed by atoms with Gasteiger partial charge >= 0.3 is 0 Å². The fraction of sp³-hybridized carbons (Fsp3) is 0.200. The molecule has 4 aromatic rings. The molecule has 0 saturated carbocycles. The first kappa shape index (κ1) is 20.7. The Morgan fingerprint density at radius 1 is 1.17 bits per heavy atom. The van der Waals surface area contributed by atoms with E-state index < -0.39 is 5.82 Å². The number of rotatable bonds is 6. The minimum absolute atomic E-state index is 0.245. The van der Waals surface area contributed by atoms with Gasteiger partial charge in [-0.25, -0.2) is 13.8 Å². The fourth-order valence-electron chi connectivity index (χ4n) is 2.90. The summed E-state index contributed by atoms with van der Waals surface area (Å²) in [6.45, 7) is 2.40. The van der Waals surface area contributed by atoms with Gasteiger partial charge in [-0.3, -0.25) is 9.36 Å². The van der Waals surface area contributed by atoms with Gasteiger partial charge < -0.3 is 4.52 Å². The summed E-state index contributed by atoms with van der Waals surface area (Å²) >= 11 is 4.42. The molecule has 0 aliphatic carbocycles. The summed E-state index contributed by atoms with van der Waals surface area (Å²) in [6.07, 6.45) is 0.722. The van der Waals surface area contributed by atoms with Crippen molar-refractivity contribution in [2.75, 3.05) is 0 Å². The zero-order chi connectivity index (χ0) is 21.3. The molecule has 2 aromatic heterocycles. The molecule has 0 aliphatic rings. The van der Waals surface area contributed by atoms with Gasteiger partial charge in [-0.1, -0.05) is 23.8 Å². The highest BCUT2D eigenvalue weighted by Gasteiger charge is 2.15. The summed E-state index contributed by atoms with van der Waals surface area (Å²) in [5.74, 6) is 0.106. The van der Waals surface area contributed by atoms with Crippen LogP contribution in [0.4, 0.5) is 8.78 Å². The van der Waals surface area contributed by atoms with E-state index in [-0.39, 0.29) is 22.5 Å². The van der Waals surface area contributed by atoms with Crippen molar-refractivity contribution in [2.45, 2.75) is 30.8 Å². The molecule has 0 spiro atoms. The van der Waals surface area contributed by atoms with E-state index in [4.69, 9.17) is 4.52 Å². The van der Waals surface area contributed by atoms with Crippen LogP contribution in [0.2, 0.25) is 0 Å². The summed E-state index contributed by atoms with van der Waals surface area (Å²) in [4.78, 5) is 21.7. The second-order valence-electron chi connectivity index (χ2n) is 6.44. The summed E-state index contributed by atoms with van der Waals surface area (Å²) in [5.41, 5.74) is 0.752. The zero-order valence-corrected chi connectivity index (χ0v) is 18.1. The van der Waals surface area contributed by atoms with Gasteiger partial charge in [0.25, 0.3) is 5.56 Å². The first-order valence-corrected chi connectivity index (χ1v) is 10.8. The molecular formula is C20H15BrF2N4O2S. The SMILES string of the molecule is CCCn1c(SCc2nc(-c3ccc(F)c(Br)c3)no2)nc2ccc(F)cc2c1=O. The molecule has 4 rings (SSSR count). The summed E-state index contributed by atoms with van der Waals surface area (Å²) < 4.78 is 34.1. The Labute approximate surface area is 182 Å². The van der Waals surface area contributed by atoms with E-state index in [0.29, 0.717) is 39.0 Å². The Kier molecular flexibility index (Phi) is 5.96. The molecular weight excluding hydrogens is 478 g/mol. The van der Waals surface area contributed by atoms with E-state index in [2.05, 4.69) is 31.1 Å². The number of hydrogen-bond donors (Lipinski definition) is 0. The van der Waals surface area contributed by atoms with Gasteiger partial charge in [0.05, 0.1) is 21.1 Å². The second kappa shape index (κ2) is 8.65. The summed E-state index contributed by atoms with van der Waals surface area (Å²) in [7, 11) is 0. The van der Waals surface area contributed by atoms with E-state index in [1.165, 1.54) is 40.6 Å². The highest BCUT2D eigenvalue weighted by atomic mass is 79.9. The monoisotopic (exact) mass is 492 g/mol. The topological polar surface area (TPSA) is 73.8 Å². The van der Waals surface area contributed by atoms with Crippen LogP contribution in [-0.4, -0.2) is 19.7 Å². The third kappa shape index (κ3) is 4.15. The maximum atomic E-state index is 13.6. The number of aromatic nitrogens is 4. The molecule has 0 aliphatic heterocycles. The molecule has 10 heteroatoms. The van der Waals surface area contributed by atoms with Crippen LogP contribution in [0.5, 0.6) is 0 Å². The van der Waals surface area contributed by atoms with Crippen LogP contribution in [0.1, 0.15) is 19.2 Å². The van der Waals surface area contributed by atoms with E-state index in [1.54, 1.807) is 12.1 Å². The van der Waals surface area contributed by atoms with Gasteiger partial charge in [0, 0.05) is 12.1 Å². The predicted molar refractivity (Wildman–Crippen MR) is 113 cm³/mol. The van der Waals surface area contributed by atoms with E-state index in [9.17, 15) is 13.6 Å². The molecule has 0 unspecified atom stereocenters. The minimum Gasteiger partial charge on any atom is -0.338 e. The van der Waals surface area contributed by atoms with E-state index >= 15 is 0 Å². The van der Waals surface area contributed by atoms with E-state index in [0.717, 1.165) is 6.42 Å². The molecule has 0 N–H and O–H groups in total. The number of nitrogens with zero attached hydrogens (tertiary/aromatic N) is 4. The van der Waals surface area contributed by atoms with Crippen molar-refractivity contribution < 1.29 is 13.3 Å². The molecule has 2 aromatic carbocycles. The largest absolute Gasteiger partial charge is 0.338 e. The molecule has 2 heterocycles. The van der Waals surface area contributed by atoms with Gasteiger partial charge in [-0.15, -0.1) is 0 Å². The van der Waals surface area contributed by atoms with Gasteiger partial charge in [0.2, 0.25) is 11.7 Å². The first-order chi connectivity index (χ1) is 14.5. The quantitative estimate of drug-likeness (QED) is 0.272. The lowest BCUT2D eigenvalue weighted by Gasteiger charge is -2.11. The Bertz CT molecular complexity index is 1290. The maximum Gasteiger partial charge on any atom is 0.262 e. The molecule has 0 fully saturated rings. The van der Waals surface area contributed by atoms with Gasteiger partial charge in [-0.05, 0) is 58.7 Å². The predicted octanol–water partition coefficient (Wildman–Crippen LogP) is 5.19. The first-order valence-electron chi connectivity index (χ1n) is 9.07. The second-order valence-corrected chi connectivity index (χ2v) is 8.24. The Balaban J connectivity index is 1.61. The molecule has 0 saturated heterocycles. The van der Waals surface area contributed by atoms with Crippen molar-refractivity contribution >= 4 is 38.6 Å². The molecule has 6 nitrogen and oxygen atoms in total. The molecule has 30 heavy (non-hydrogen) atoms. The third-order valence-corrected chi connectivity index (χ3v) is 5.87. The smallest absolute Gasteiger partial charge is 0.262 e. The van der Waals surface area contributed by atoms with Crippen LogP contribution in [0, 0.1) is 11.6 Å². The molecule has 0 amide bonds. The maximum absolute atomic E-state index is 13.6. The molecule has 154 valence electrons. The normalized spacial score (nSPS) is 11.3. The highest BCUT2D eigenvalue weighted by molar-refractivity contribution is 9.10. The van der Waals surface area contributed by atoms with Crippen LogP contribution in [0.15, 0.2) is 55.3 Å². The van der Waals surface area contributed by atoms with Crippen LogP contribution < -0.4 is 5.56 Å². The van der Waals surface area contributed by atoms with Crippen molar-refractivity contribution in [2.24, 2.45) is 0 Å². The van der Waals surface area contributed by atoms with Crippen molar-refractivity contribution in [1.29, 1.82) is 0 Å². The standard InChI is InChI=1S/C20H15BrF2N4O2S/c1-2-7-27-19(28)13-9-12(22)4-6-16(13)24-20(27)30-10-17-25-18(26-29-17)11-3-5-15(23)14(21)8-11/h3-6,8-9H,2,7,10H2,1H3. The Hall–Kier alpha value is -2.59. The average Bonchev–Trinajstić information content (AvgIpc) is 3.20. The Morgan fingerprint density at radius 2 is 2.00 bits per heavy atom. The average molecular weight is 493 g/mol.